The summed E-state index contributed by atoms with van der Waals surface area (Å²) in [5.41, 5.74) is 1.81. The predicted molar refractivity (Wildman–Crippen MR) is 96.9 cm³/mol. The van der Waals surface area contributed by atoms with Gasteiger partial charge in [-0.2, -0.15) is 5.10 Å². The van der Waals surface area contributed by atoms with Gasteiger partial charge in [-0.3, -0.25) is 14.5 Å². The Morgan fingerprint density at radius 2 is 2.00 bits per heavy atom. The van der Waals surface area contributed by atoms with Gasteiger partial charge < -0.3 is 9.64 Å². The maximum absolute atomic E-state index is 12.9. The van der Waals surface area contributed by atoms with Gasteiger partial charge in [0.1, 0.15) is 29.6 Å². The predicted octanol–water partition coefficient (Wildman–Crippen LogP) is 3.31. The topological polar surface area (TPSA) is 60.2 Å². The average Bonchev–Trinajstić information content (AvgIpc) is 3.09. The van der Waals surface area contributed by atoms with E-state index in [1.165, 1.54) is 12.1 Å². The van der Waals surface area contributed by atoms with Crippen LogP contribution in [-0.4, -0.2) is 32.1 Å². The highest BCUT2D eigenvalue weighted by atomic mass is 35.5. The molecule has 0 saturated heterocycles. The van der Waals surface area contributed by atoms with Crippen LogP contribution in [0, 0.1) is 5.82 Å². The van der Waals surface area contributed by atoms with Gasteiger partial charge in [0.15, 0.2) is 0 Å². The number of hydrogen-bond donors (Lipinski definition) is 0. The minimum absolute atomic E-state index is 0.122. The van der Waals surface area contributed by atoms with E-state index < -0.39 is 0 Å². The summed E-state index contributed by atoms with van der Waals surface area (Å²) in [6, 6.07) is 11.0. The van der Waals surface area contributed by atoms with Crippen LogP contribution in [0.25, 0.3) is 0 Å². The van der Waals surface area contributed by atoms with Crippen LogP contribution in [0.4, 0.5) is 4.39 Å². The van der Waals surface area contributed by atoms with Crippen molar-refractivity contribution in [1.29, 1.82) is 0 Å². The first kappa shape index (κ1) is 17.5. The fraction of sp³-hybridized carbons (Fsp3) is 0.211. The zero-order chi connectivity index (χ0) is 18.8. The van der Waals surface area contributed by atoms with Gasteiger partial charge in [0.25, 0.3) is 5.91 Å². The second-order valence-corrected chi connectivity index (χ2v) is 6.55. The third-order valence-corrected chi connectivity index (χ3v) is 4.64. The number of carbonyl (C=O) groups excluding carboxylic acids is 1. The lowest BCUT2D eigenvalue weighted by molar-refractivity contribution is 0.0681. The van der Waals surface area contributed by atoms with Crippen LogP contribution in [0.15, 0.2) is 48.7 Å². The first-order chi connectivity index (χ1) is 13.1. The summed E-state index contributed by atoms with van der Waals surface area (Å²) in [6.45, 7) is 1.66. The molecule has 0 N–H and O–H groups in total. The van der Waals surface area contributed by atoms with E-state index in [0.29, 0.717) is 47.5 Å². The zero-order valence-electron chi connectivity index (χ0n) is 14.3. The molecule has 0 bridgehead atoms. The molecule has 0 aliphatic carbocycles. The molecule has 0 saturated carbocycles. The van der Waals surface area contributed by atoms with Gasteiger partial charge in [-0.05, 0) is 42.5 Å². The number of amides is 1. The molecule has 1 aromatic carbocycles. The SMILES string of the molecule is O=C1c2cc(COc3ccc(F)cc3)nn2CCN1Cc1ncccc1Cl. The molecule has 27 heavy (non-hydrogen) atoms. The van der Waals surface area contributed by atoms with Crippen molar-refractivity contribution in [3.05, 3.63) is 76.6 Å². The summed E-state index contributed by atoms with van der Waals surface area (Å²) in [6.07, 6.45) is 1.66. The van der Waals surface area contributed by atoms with Crippen molar-refractivity contribution >= 4 is 17.5 Å². The second-order valence-electron chi connectivity index (χ2n) is 6.15. The standard InChI is InChI=1S/C19H16ClFN4O2/c20-16-2-1-7-22-17(16)11-24-8-9-25-18(19(24)26)10-14(23-25)12-27-15-5-3-13(21)4-6-15/h1-7,10H,8-9,11-12H2. The number of aromatic nitrogens is 3. The molecule has 138 valence electrons. The monoisotopic (exact) mass is 386 g/mol. The van der Waals surface area contributed by atoms with E-state index in [9.17, 15) is 9.18 Å². The molecule has 0 radical (unpaired) electrons. The average molecular weight is 387 g/mol. The van der Waals surface area contributed by atoms with E-state index in [-0.39, 0.29) is 18.3 Å². The van der Waals surface area contributed by atoms with Crippen molar-refractivity contribution < 1.29 is 13.9 Å². The van der Waals surface area contributed by atoms with Gasteiger partial charge in [-0.15, -0.1) is 0 Å². The fourth-order valence-electron chi connectivity index (χ4n) is 2.92. The van der Waals surface area contributed by atoms with Gasteiger partial charge in [-0.1, -0.05) is 11.6 Å². The Kier molecular flexibility index (Phi) is 4.77. The summed E-state index contributed by atoms with van der Waals surface area (Å²) >= 11 is 6.15. The van der Waals surface area contributed by atoms with Crippen LogP contribution >= 0.6 is 11.6 Å². The lowest BCUT2D eigenvalue weighted by atomic mass is 10.2. The Hall–Kier alpha value is -2.93. The maximum Gasteiger partial charge on any atom is 0.272 e. The van der Waals surface area contributed by atoms with E-state index in [1.54, 1.807) is 46.1 Å². The number of nitrogens with zero attached hydrogens (tertiary/aromatic N) is 4. The number of hydrogen-bond acceptors (Lipinski definition) is 4. The Labute approximate surface area is 160 Å². The molecule has 1 aliphatic heterocycles. The number of ether oxygens (including phenoxy) is 1. The molecule has 6 nitrogen and oxygen atoms in total. The van der Waals surface area contributed by atoms with Gasteiger partial charge in [0, 0.05) is 12.7 Å². The summed E-state index contributed by atoms with van der Waals surface area (Å²) in [7, 11) is 0. The van der Waals surface area contributed by atoms with Crippen LogP contribution < -0.4 is 4.74 Å². The molecule has 1 amide bonds. The van der Waals surface area contributed by atoms with E-state index in [1.807, 2.05) is 0 Å². The molecule has 1 aliphatic rings. The highest BCUT2D eigenvalue weighted by molar-refractivity contribution is 6.31. The van der Waals surface area contributed by atoms with Crippen LogP contribution in [0.1, 0.15) is 21.9 Å². The van der Waals surface area contributed by atoms with Gasteiger partial charge in [0.05, 0.1) is 23.8 Å². The first-order valence-electron chi connectivity index (χ1n) is 8.44. The summed E-state index contributed by atoms with van der Waals surface area (Å²) < 4.78 is 20.2. The molecule has 4 rings (SSSR count). The molecule has 3 heterocycles. The minimum atomic E-state index is -0.321. The van der Waals surface area contributed by atoms with Crippen LogP contribution in [0.3, 0.4) is 0 Å². The molecular formula is C19H16ClFN4O2. The number of rotatable bonds is 5. The molecule has 0 fully saturated rings. The van der Waals surface area contributed by atoms with Crippen molar-refractivity contribution in [3.63, 3.8) is 0 Å². The Bertz CT molecular complexity index is 974. The van der Waals surface area contributed by atoms with Crippen molar-refractivity contribution in [2.75, 3.05) is 6.54 Å². The van der Waals surface area contributed by atoms with E-state index in [2.05, 4.69) is 10.1 Å². The maximum atomic E-state index is 12.9. The van der Waals surface area contributed by atoms with Crippen LogP contribution in [-0.2, 0) is 19.7 Å². The summed E-state index contributed by atoms with van der Waals surface area (Å²) in [4.78, 5) is 18.7. The van der Waals surface area contributed by atoms with Gasteiger partial charge >= 0.3 is 0 Å². The third kappa shape index (κ3) is 3.78. The number of fused-ring (bicyclic) bond motifs is 1. The Balaban J connectivity index is 1.45. The van der Waals surface area contributed by atoms with Crippen molar-refractivity contribution in [2.24, 2.45) is 0 Å². The lowest BCUT2D eigenvalue weighted by Crippen LogP contribution is -2.40. The second kappa shape index (κ2) is 7.36. The minimum Gasteiger partial charge on any atom is -0.487 e. The Morgan fingerprint density at radius 3 is 2.78 bits per heavy atom. The third-order valence-electron chi connectivity index (χ3n) is 4.29. The number of pyridine rings is 1. The molecule has 8 heteroatoms. The van der Waals surface area contributed by atoms with E-state index in [4.69, 9.17) is 16.3 Å². The summed E-state index contributed by atoms with van der Waals surface area (Å²) in [5.74, 6) is 0.0992. The van der Waals surface area contributed by atoms with Gasteiger partial charge in [0.2, 0.25) is 0 Å². The Morgan fingerprint density at radius 1 is 1.19 bits per heavy atom. The van der Waals surface area contributed by atoms with E-state index >= 15 is 0 Å². The highest BCUT2D eigenvalue weighted by Gasteiger charge is 2.27. The highest BCUT2D eigenvalue weighted by Crippen LogP contribution is 2.20. The number of benzene rings is 1. The van der Waals surface area contributed by atoms with Crippen LogP contribution in [0.5, 0.6) is 5.75 Å². The largest absolute Gasteiger partial charge is 0.487 e. The van der Waals surface area contributed by atoms with Crippen molar-refractivity contribution in [1.82, 2.24) is 19.7 Å². The van der Waals surface area contributed by atoms with Gasteiger partial charge in [-0.25, -0.2) is 4.39 Å². The first-order valence-corrected chi connectivity index (χ1v) is 8.82. The quantitative estimate of drug-likeness (QED) is 0.675. The van der Waals surface area contributed by atoms with Crippen LogP contribution in [0.2, 0.25) is 5.02 Å². The zero-order valence-corrected chi connectivity index (χ0v) is 15.1. The summed E-state index contributed by atoms with van der Waals surface area (Å²) in [5, 5.41) is 4.96. The molecule has 3 aromatic rings. The molecule has 0 spiro atoms. The fourth-order valence-corrected chi connectivity index (χ4v) is 3.10. The lowest BCUT2D eigenvalue weighted by Gasteiger charge is -2.27. The number of halogens is 2. The molecular weight excluding hydrogens is 371 g/mol. The molecule has 2 aromatic heterocycles. The van der Waals surface area contributed by atoms with Crippen molar-refractivity contribution in [2.45, 2.75) is 19.7 Å². The normalized spacial score (nSPS) is 13.6. The molecule has 0 atom stereocenters. The van der Waals surface area contributed by atoms with Crippen molar-refractivity contribution in [3.8, 4) is 5.75 Å². The number of carbonyl (C=O) groups is 1. The van der Waals surface area contributed by atoms with E-state index in [0.717, 1.165) is 0 Å². The smallest absolute Gasteiger partial charge is 0.272 e. The molecule has 0 unspecified atom stereocenters.